The molecular weight excluding hydrogens is 288 g/mol. The zero-order valence-electron chi connectivity index (χ0n) is 14.5. The fraction of sp³-hybridized carbons (Fsp3) is 0.526. The minimum Gasteiger partial charge on any atom is -0.426 e. The number of benzene rings is 1. The summed E-state index contributed by atoms with van der Waals surface area (Å²) in [5.74, 6) is 0.478. The molecule has 0 bridgehead atoms. The topological polar surface area (TPSA) is 45.3 Å². The largest absolute Gasteiger partial charge is 0.426 e. The molecule has 0 atom stereocenters. The van der Waals surface area contributed by atoms with Crippen molar-refractivity contribution in [3.63, 3.8) is 0 Å². The Hall–Kier alpha value is -1.81. The molecule has 1 heterocycles. The van der Waals surface area contributed by atoms with Crippen LogP contribution in [0.1, 0.15) is 45.6 Å². The molecule has 2 aromatic rings. The second-order valence-corrected chi connectivity index (χ2v) is 5.91. The molecule has 23 heavy (non-hydrogen) atoms. The predicted octanol–water partition coefficient (Wildman–Crippen LogP) is 4.15. The van der Waals surface area contributed by atoms with Crippen LogP contribution in [0.2, 0.25) is 0 Å². The quantitative estimate of drug-likeness (QED) is 0.558. The molecule has 1 aromatic heterocycles. The standard InChI is InChI=1S/C19H28N2O2/c1-4-11-21(12-5-2)13-10-15-14-20-16-8-7-9-17(19(15)16)23-18(22)6-3/h7-9,14,20H,4-6,10-13H2,1-3H3. The van der Waals surface area contributed by atoms with E-state index in [9.17, 15) is 4.79 Å². The molecule has 1 aromatic carbocycles. The first-order valence-electron chi connectivity index (χ1n) is 8.71. The van der Waals surface area contributed by atoms with E-state index in [2.05, 4.69) is 23.7 Å². The fourth-order valence-corrected chi connectivity index (χ4v) is 2.94. The fourth-order valence-electron chi connectivity index (χ4n) is 2.94. The van der Waals surface area contributed by atoms with E-state index in [-0.39, 0.29) is 5.97 Å². The number of nitrogens with one attached hydrogen (secondary N) is 1. The number of ether oxygens (including phenoxy) is 1. The highest BCUT2D eigenvalue weighted by Gasteiger charge is 2.13. The molecule has 0 aliphatic heterocycles. The Bertz CT molecular complexity index is 627. The lowest BCUT2D eigenvalue weighted by Gasteiger charge is -2.20. The summed E-state index contributed by atoms with van der Waals surface area (Å²) < 4.78 is 5.51. The van der Waals surface area contributed by atoms with Crippen molar-refractivity contribution in [2.45, 2.75) is 46.5 Å². The van der Waals surface area contributed by atoms with Gasteiger partial charge in [-0.3, -0.25) is 4.79 Å². The lowest BCUT2D eigenvalue weighted by atomic mass is 10.1. The summed E-state index contributed by atoms with van der Waals surface area (Å²) in [6, 6.07) is 5.82. The Morgan fingerprint density at radius 3 is 2.52 bits per heavy atom. The first kappa shape index (κ1) is 17.5. The third kappa shape index (κ3) is 4.58. The van der Waals surface area contributed by atoms with Crippen LogP contribution < -0.4 is 4.74 Å². The minimum atomic E-state index is -0.191. The maximum atomic E-state index is 11.7. The van der Waals surface area contributed by atoms with Crippen LogP contribution in [0.25, 0.3) is 10.9 Å². The van der Waals surface area contributed by atoms with Crippen molar-refractivity contribution in [2.24, 2.45) is 0 Å². The van der Waals surface area contributed by atoms with E-state index in [4.69, 9.17) is 4.74 Å². The van der Waals surface area contributed by atoms with E-state index in [1.54, 1.807) is 0 Å². The highest BCUT2D eigenvalue weighted by molar-refractivity contribution is 5.91. The van der Waals surface area contributed by atoms with E-state index in [1.807, 2.05) is 31.3 Å². The summed E-state index contributed by atoms with van der Waals surface area (Å²) in [5.41, 5.74) is 2.25. The van der Waals surface area contributed by atoms with Crippen LogP contribution in [-0.2, 0) is 11.2 Å². The number of H-pyrrole nitrogens is 1. The minimum absolute atomic E-state index is 0.191. The molecule has 0 aliphatic rings. The Labute approximate surface area is 138 Å². The number of hydrogen-bond acceptors (Lipinski definition) is 3. The Kier molecular flexibility index (Phi) is 6.66. The molecule has 0 radical (unpaired) electrons. The van der Waals surface area contributed by atoms with Gasteiger partial charge in [0, 0.05) is 30.1 Å². The van der Waals surface area contributed by atoms with E-state index >= 15 is 0 Å². The van der Waals surface area contributed by atoms with E-state index in [1.165, 1.54) is 18.4 Å². The van der Waals surface area contributed by atoms with Gasteiger partial charge in [0.05, 0.1) is 0 Å². The van der Waals surface area contributed by atoms with Crippen molar-refractivity contribution >= 4 is 16.9 Å². The first-order chi connectivity index (χ1) is 11.2. The maximum absolute atomic E-state index is 11.7. The van der Waals surface area contributed by atoms with Crippen molar-refractivity contribution in [3.05, 3.63) is 30.0 Å². The number of fused-ring (bicyclic) bond motifs is 1. The molecule has 2 rings (SSSR count). The van der Waals surface area contributed by atoms with E-state index < -0.39 is 0 Å². The van der Waals surface area contributed by atoms with Gasteiger partial charge in [-0.15, -0.1) is 0 Å². The van der Waals surface area contributed by atoms with Gasteiger partial charge in [0.25, 0.3) is 0 Å². The summed E-state index contributed by atoms with van der Waals surface area (Å²) in [5, 5.41) is 1.04. The lowest BCUT2D eigenvalue weighted by molar-refractivity contribution is -0.133. The Balaban J connectivity index is 2.18. The predicted molar refractivity (Wildman–Crippen MR) is 95.0 cm³/mol. The van der Waals surface area contributed by atoms with E-state index in [0.29, 0.717) is 12.2 Å². The molecule has 0 aliphatic carbocycles. The smallest absolute Gasteiger partial charge is 0.310 e. The van der Waals surface area contributed by atoms with Crippen LogP contribution in [0.15, 0.2) is 24.4 Å². The van der Waals surface area contributed by atoms with Gasteiger partial charge in [-0.2, -0.15) is 0 Å². The summed E-state index contributed by atoms with van der Waals surface area (Å²) in [6.07, 6.45) is 5.74. The SMILES string of the molecule is CCCN(CCC)CCc1c[nH]c2cccc(OC(=O)CC)c12. The number of aromatic amines is 1. The molecule has 1 N–H and O–H groups in total. The normalized spacial score (nSPS) is 11.3. The second-order valence-electron chi connectivity index (χ2n) is 5.91. The molecule has 0 unspecified atom stereocenters. The van der Waals surface area contributed by atoms with Gasteiger partial charge in [0.15, 0.2) is 0 Å². The molecule has 0 saturated carbocycles. The third-order valence-corrected chi connectivity index (χ3v) is 4.04. The maximum Gasteiger partial charge on any atom is 0.310 e. The van der Waals surface area contributed by atoms with Gasteiger partial charge >= 0.3 is 5.97 Å². The number of nitrogens with zero attached hydrogens (tertiary/aromatic N) is 1. The van der Waals surface area contributed by atoms with Gasteiger partial charge in [0.2, 0.25) is 0 Å². The first-order valence-corrected chi connectivity index (χ1v) is 8.71. The van der Waals surface area contributed by atoms with Gasteiger partial charge in [0.1, 0.15) is 5.75 Å². The molecule has 0 fully saturated rings. The lowest BCUT2D eigenvalue weighted by Crippen LogP contribution is -2.27. The third-order valence-electron chi connectivity index (χ3n) is 4.04. The summed E-state index contributed by atoms with van der Waals surface area (Å²) >= 11 is 0. The Morgan fingerprint density at radius 1 is 1.13 bits per heavy atom. The van der Waals surface area contributed by atoms with Crippen LogP contribution >= 0.6 is 0 Å². The van der Waals surface area contributed by atoms with Gasteiger partial charge in [-0.25, -0.2) is 0 Å². The number of hydrogen-bond donors (Lipinski definition) is 1. The summed E-state index contributed by atoms with van der Waals surface area (Å²) in [6.45, 7) is 9.55. The molecule has 0 spiro atoms. The molecule has 0 amide bonds. The number of aromatic nitrogens is 1. The molecule has 0 saturated heterocycles. The average molecular weight is 316 g/mol. The number of esters is 1. The monoisotopic (exact) mass is 316 g/mol. The van der Waals surface area contributed by atoms with E-state index in [0.717, 1.165) is 37.0 Å². The zero-order valence-corrected chi connectivity index (χ0v) is 14.5. The number of carbonyl (C=O) groups excluding carboxylic acids is 1. The van der Waals surface area contributed by atoms with Crippen LogP contribution in [-0.4, -0.2) is 35.5 Å². The van der Waals surface area contributed by atoms with Gasteiger partial charge in [-0.1, -0.05) is 26.8 Å². The van der Waals surface area contributed by atoms with Crippen LogP contribution in [0, 0.1) is 0 Å². The van der Waals surface area contributed by atoms with Crippen molar-refractivity contribution < 1.29 is 9.53 Å². The van der Waals surface area contributed by atoms with Crippen LogP contribution in [0.4, 0.5) is 0 Å². The van der Waals surface area contributed by atoms with Crippen LogP contribution in [0.3, 0.4) is 0 Å². The Morgan fingerprint density at radius 2 is 1.87 bits per heavy atom. The van der Waals surface area contributed by atoms with Crippen molar-refractivity contribution in [2.75, 3.05) is 19.6 Å². The molecule has 126 valence electrons. The molecular formula is C19H28N2O2. The highest BCUT2D eigenvalue weighted by atomic mass is 16.5. The molecule has 4 nitrogen and oxygen atoms in total. The number of carbonyl (C=O) groups is 1. The van der Waals surface area contributed by atoms with Gasteiger partial charge < -0.3 is 14.6 Å². The number of rotatable bonds is 9. The van der Waals surface area contributed by atoms with Crippen LogP contribution in [0.5, 0.6) is 5.75 Å². The average Bonchev–Trinajstić information content (AvgIpc) is 2.97. The molecule has 4 heteroatoms. The van der Waals surface area contributed by atoms with Crippen molar-refractivity contribution in [1.29, 1.82) is 0 Å². The second kappa shape index (κ2) is 8.73. The summed E-state index contributed by atoms with van der Waals surface area (Å²) in [4.78, 5) is 17.5. The highest BCUT2D eigenvalue weighted by Crippen LogP contribution is 2.29. The summed E-state index contributed by atoms with van der Waals surface area (Å²) in [7, 11) is 0. The van der Waals surface area contributed by atoms with Gasteiger partial charge in [-0.05, 0) is 50.0 Å². The van der Waals surface area contributed by atoms with Crippen molar-refractivity contribution in [1.82, 2.24) is 9.88 Å². The van der Waals surface area contributed by atoms with Crippen molar-refractivity contribution in [3.8, 4) is 5.75 Å². The zero-order chi connectivity index (χ0) is 16.7.